The third-order valence-electron chi connectivity index (χ3n) is 2.45. The lowest BCUT2D eigenvalue weighted by atomic mass is 9.95. The Bertz CT molecular complexity index is 297. The Labute approximate surface area is 79.1 Å². The Hall–Kier alpha value is -0.390. The van der Waals surface area contributed by atoms with Crippen molar-refractivity contribution in [2.24, 2.45) is 11.8 Å². The molecule has 0 bridgehead atoms. The molecular weight excluding hydrogens is 188 g/mol. The molecule has 0 aromatic carbocycles. The number of hydrogen-bond donors (Lipinski definition) is 2. The standard InChI is InChI=1S/C8H16N2O2S/c1-6(2)8(10-9)7-3-4-13(11,12)5-7/h7-8,10H,1,3-5,9H2,2H3. The van der Waals surface area contributed by atoms with Gasteiger partial charge in [-0.1, -0.05) is 12.2 Å². The van der Waals surface area contributed by atoms with Gasteiger partial charge >= 0.3 is 0 Å². The van der Waals surface area contributed by atoms with E-state index < -0.39 is 9.84 Å². The van der Waals surface area contributed by atoms with Gasteiger partial charge < -0.3 is 0 Å². The topological polar surface area (TPSA) is 72.2 Å². The van der Waals surface area contributed by atoms with Gasteiger partial charge in [0.2, 0.25) is 0 Å². The first-order valence-electron chi connectivity index (χ1n) is 4.28. The molecule has 0 amide bonds. The Morgan fingerprint density at radius 2 is 2.31 bits per heavy atom. The van der Waals surface area contributed by atoms with Gasteiger partial charge in [0.15, 0.2) is 9.84 Å². The van der Waals surface area contributed by atoms with E-state index in [0.717, 1.165) is 5.57 Å². The molecule has 2 unspecified atom stereocenters. The molecule has 0 radical (unpaired) electrons. The molecule has 3 N–H and O–H groups in total. The molecule has 1 aliphatic heterocycles. The number of hydrogen-bond acceptors (Lipinski definition) is 4. The average Bonchev–Trinajstić information content (AvgIpc) is 2.31. The molecule has 1 fully saturated rings. The van der Waals surface area contributed by atoms with Crippen molar-refractivity contribution in [2.45, 2.75) is 19.4 Å². The summed E-state index contributed by atoms with van der Waals surface area (Å²) in [7, 11) is -2.82. The predicted octanol–water partition coefficient (Wildman–Crippen LogP) is -0.171. The van der Waals surface area contributed by atoms with Crippen molar-refractivity contribution in [3.8, 4) is 0 Å². The second-order valence-corrected chi connectivity index (χ2v) is 5.88. The maximum Gasteiger partial charge on any atom is 0.150 e. The summed E-state index contributed by atoms with van der Waals surface area (Å²) >= 11 is 0. The van der Waals surface area contributed by atoms with Gasteiger partial charge in [0, 0.05) is 6.04 Å². The second-order valence-electron chi connectivity index (χ2n) is 3.65. The van der Waals surface area contributed by atoms with E-state index in [4.69, 9.17) is 5.84 Å². The molecule has 0 aromatic rings. The smallest absolute Gasteiger partial charge is 0.150 e. The van der Waals surface area contributed by atoms with Crippen LogP contribution in [0, 0.1) is 5.92 Å². The number of nitrogens with two attached hydrogens (primary N) is 1. The van der Waals surface area contributed by atoms with Crippen LogP contribution in [0.4, 0.5) is 0 Å². The molecule has 5 heteroatoms. The largest absolute Gasteiger partial charge is 0.271 e. The Morgan fingerprint density at radius 1 is 1.69 bits per heavy atom. The third kappa shape index (κ3) is 2.52. The molecule has 2 atom stereocenters. The molecule has 0 spiro atoms. The predicted molar refractivity (Wildman–Crippen MR) is 52.7 cm³/mol. The molecule has 1 aliphatic rings. The number of hydrazine groups is 1. The van der Waals surface area contributed by atoms with Gasteiger partial charge in [0.25, 0.3) is 0 Å². The molecule has 0 saturated carbocycles. The summed E-state index contributed by atoms with van der Waals surface area (Å²) in [5.74, 6) is 5.94. The molecule has 1 heterocycles. The van der Waals surface area contributed by atoms with E-state index in [1.807, 2.05) is 6.92 Å². The summed E-state index contributed by atoms with van der Waals surface area (Å²) in [4.78, 5) is 0. The van der Waals surface area contributed by atoms with Gasteiger partial charge in [0.1, 0.15) is 0 Å². The number of rotatable bonds is 3. The average molecular weight is 204 g/mol. The summed E-state index contributed by atoms with van der Waals surface area (Å²) in [5, 5.41) is 0. The highest BCUT2D eigenvalue weighted by atomic mass is 32.2. The van der Waals surface area contributed by atoms with Gasteiger partial charge in [-0.3, -0.25) is 11.3 Å². The van der Waals surface area contributed by atoms with Crippen LogP contribution in [0.25, 0.3) is 0 Å². The first-order valence-corrected chi connectivity index (χ1v) is 6.10. The maximum atomic E-state index is 11.2. The number of nitrogens with one attached hydrogen (secondary N) is 1. The van der Waals surface area contributed by atoms with Crippen molar-refractivity contribution < 1.29 is 8.42 Å². The molecule has 76 valence electrons. The highest BCUT2D eigenvalue weighted by molar-refractivity contribution is 7.91. The zero-order valence-electron chi connectivity index (χ0n) is 7.79. The van der Waals surface area contributed by atoms with Gasteiger partial charge in [0.05, 0.1) is 11.5 Å². The van der Waals surface area contributed by atoms with E-state index in [1.165, 1.54) is 0 Å². The van der Waals surface area contributed by atoms with E-state index in [2.05, 4.69) is 12.0 Å². The Morgan fingerprint density at radius 3 is 2.62 bits per heavy atom. The first kappa shape index (κ1) is 10.7. The van der Waals surface area contributed by atoms with Crippen molar-refractivity contribution >= 4 is 9.84 Å². The summed E-state index contributed by atoms with van der Waals surface area (Å²) in [5.41, 5.74) is 3.51. The second kappa shape index (κ2) is 3.77. The van der Waals surface area contributed by atoms with Crippen LogP contribution in [0.2, 0.25) is 0 Å². The lowest BCUT2D eigenvalue weighted by Gasteiger charge is -2.21. The molecule has 0 aromatic heterocycles. The minimum absolute atomic E-state index is 0.0720. The molecule has 1 saturated heterocycles. The SMILES string of the molecule is C=C(C)C(NN)C1CCS(=O)(=O)C1. The van der Waals surface area contributed by atoms with Crippen LogP contribution < -0.4 is 11.3 Å². The molecule has 0 aliphatic carbocycles. The van der Waals surface area contributed by atoms with Crippen molar-refractivity contribution in [2.75, 3.05) is 11.5 Å². The van der Waals surface area contributed by atoms with Crippen LogP contribution in [0.15, 0.2) is 12.2 Å². The van der Waals surface area contributed by atoms with Crippen molar-refractivity contribution in [3.05, 3.63) is 12.2 Å². The summed E-state index contributed by atoms with van der Waals surface area (Å²) in [6.45, 7) is 5.64. The van der Waals surface area contributed by atoms with Crippen LogP contribution >= 0.6 is 0 Å². The zero-order valence-corrected chi connectivity index (χ0v) is 8.60. The number of sulfone groups is 1. The van der Waals surface area contributed by atoms with Crippen LogP contribution in [-0.2, 0) is 9.84 Å². The fourth-order valence-electron chi connectivity index (χ4n) is 1.77. The van der Waals surface area contributed by atoms with E-state index in [0.29, 0.717) is 6.42 Å². The van der Waals surface area contributed by atoms with Gasteiger partial charge in [-0.05, 0) is 19.3 Å². The maximum absolute atomic E-state index is 11.2. The lowest BCUT2D eigenvalue weighted by molar-refractivity contribution is 0.433. The Balaban J connectivity index is 2.69. The van der Waals surface area contributed by atoms with E-state index >= 15 is 0 Å². The molecular formula is C8H16N2O2S. The van der Waals surface area contributed by atoms with Crippen molar-refractivity contribution in [1.82, 2.24) is 5.43 Å². The molecule has 1 rings (SSSR count). The van der Waals surface area contributed by atoms with Crippen LogP contribution in [0.3, 0.4) is 0 Å². The van der Waals surface area contributed by atoms with E-state index in [-0.39, 0.29) is 23.5 Å². The van der Waals surface area contributed by atoms with Gasteiger partial charge in [-0.2, -0.15) is 0 Å². The van der Waals surface area contributed by atoms with Gasteiger partial charge in [-0.15, -0.1) is 0 Å². The van der Waals surface area contributed by atoms with Crippen molar-refractivity contribution in [3.63, 3.8) is 0 Å². The summed E-state index contributed by atoms with van der Waals surface area (Å²) in [6, 6.07) is -0.0720. The third-order valence-corrected chi connectivity index (χ3v) is 4.24. The summed E-state index contributed by atoms with van der Waals surface area (Å²) < 4.78 is 22.4. The minimum atomic E-state index is -2.82. The minimum Gasteiger partial charge on any atom is -0.271 e. The van der Waals surface area contributed by atoms with Crippen LogP contribution in [0.5, 0.6) is 0 Å². The Kier molecular flexibility index (Phi) is 3.10. The van der Waals surface area contributed by atoms with E-state index in [1.54, 1.807) is 0 Å². The quantitative estimate of drug-likeness (QED) is 0.380. The van der Waals surface area contributed by atoms with Crippen molar-refractivity contribution in [1.29, 1.82) is 0 Å². The fourth-order valence-corrected chi connectivity index (χ4v) is 3.61. The lowest BCUT2D eigenvalue weighted by Crippen LogP contribution is -2.42. The normalized spacial score (nSPS) is 28.6. The summed E-state index contributed by atoms with van der Waals surface area (Å²) in [6.07, 6.45) is 0.685. The monoisotopic (exact) mass is 204 g/mol. The zero-order chi connectivity index (χ0) is 10.1. The fraction of sp³-hybridized carbons (Fsp3) is 0.750. The van der Waals surface area contributed by atoms with Gasteiger partial charge in [-0.25, -0.2) is 8.42 Å². The highest BCUT2D eigenvalue weighted by Gasteiger charge is 2.33. The molecule has 13 heavy (non-hydrogen) atoms. The molecule has 4 nitrogen and oxygen atoms in total. The van der Waals surface area contributed by atoms with Crippen LogP contribution in [-0.4, -0.2) is 26.0 Å². The van der Waals surface area contributed by atoms with Crippen LogP contribution in [0.1, 0.15) is 13.3 Å². The first-order chi connectivity index (χ1) is 5.96. The highest BCUT2D eigenvalue weighted by Crippen LogP contribution is 2.24. The van der Waals surface area contributed by atoms with E-state index in [9.17, 15) is 8.42 Å².